The fourth-order valence-corrected chi connectivity index (χ4v) is 3.06. The molecule has 7 heteroatoms. The van der Waals surface area contributed by atoms with E-state index in [-0.39, 0.29) is 12.3 Å². The number of hydrogen-bond acceptors (Lipinski definition) is 4. The van der Waals surface area contributed by atoms with Crippen molar-refractivity contribution < 1.29 is 19.5 Å². The molecular weight excluding hydrogens is 340 g/mol. The van der Waals surface area contributed by atoms with Crippen LogP contribution in [0.1, 0.15) is 40.2 Å². The Morgan fingerprint density at radius 1 is 1.12 bits per heavy atom. The van der Waals surface area contributed by atoms with Crippen molar-refractivity contribution in [3.05, 3.63) is 57.8 Å². The third-order valence-electron chi connectivity index (χ3n) is 3.74. The van der Waals surface area contributed by atoms with Gasteiger partial charge in [-0.15, -0.1) is 11.3 Å². The number of carboxylic acid groups (broad SMARTS) is 1. The molecule has 0 aliphatic rings. The fraction of sp³-hybridized carbons (Fsp3) is 0.278. The fourth-order valence-electron chi connectivity index (χ4n) is 2.43. The lowest BCUT2D eigenvalue weighted by molar-refractivity contribution is -0.137. The first-order valence-corrected chi connectivity index (χ1v) is 8.68. The molecule has 2 unspecified atom stereocenters. The zero-order chi connectivity index (χ0) is 18.4. The van der Waals surface area contributed by atoms with Crippen molar-refractivity contribution in [1.82, 2.24) is 10.6 Å². The molecule has 6 nitrogen and oxygen atoms in total. The van der Waals surface area contributed by atoms with Crippen molar-refractivity contribution in [3.63, 3.8) is 0 Å². The van der Waals surface area contributed by atoms with E-state index in [9.17, 15) is 14.4 Å². The Morgan fingerprint density at radius 2 is 1.84 bits per heavy atom. The van der Waals surface area contributed by atoms with E-state index in [0.29, 0.717) is 4.88 Å². The largest absolute Gasteiger partial charge is 0.481 e. The Labute approximate surface area is 149 Å². The number of benzene rings is 1. The number of carboxylic acids is 1. The lowest BCUT2D eigenvalue weighted by atomic mass is 9.98. The number of aryl methyl sites for hydroxylation is 1. The Bertz CT molecular complexity index is 758. The van der Waals surface area contributed by atoms with Gasteiger partial charge in [0.25, 0.3) is 5.91 Å². The molecule has 0 saturated heterocycles. The van der Waals surface area contributed by atoms with Gasteiger partial charge in [0.05, 0.1) is 17.3 Å². The van der Waals surface area contributed by atoms with Gasteiger partial charge in [-0.3, -0.25) is 14.4 Å². The summed E-state index contributed by atoms with van der Waals surface area (Å²) in [5.41, 5.74) is 1.64. The van der Waals surface area contributed by atoms with Crippen molar-refractivity contribution in [1.29, 1.82) is 0 Å². The molecule has 3 N–H and O–H groups in total. The summed E-state index contributed by atoms with van der Waals surface area (Å²) >= 11 is 1.28. The van der Waals surface area contributed by atoms with Crippen molar-refractivity contribution in [3.8, 4) is 0 Å². The lowest BCUT2D eigenvalue weighted by Crippen LogP contribution is -2.46. The zero-order valence-corrected chi connectivity index (χ0v) is 14.8. The van der Waals surface area contributed by atoms with Crippen LogP contribution in [0.5, 0.6) is 0 Å². The average Bonchev–Trinajstić information content (AvgIpc) is 3.08. The van der Waals surface area contributed by atoms with E-state index in [4.69, 9.17) is 5.11 Å². The molecule has 0 saturated carbocycles. The van der Waals surface area contributed by atoms with Gasteiger partial charge in [-0.25, -0.2) is 0 Å². The monoisotopic (exact) mass is 360 g/mol. The number of thiophene rings is 1. The zero-order valence-electron chi connectivity index (χ0n) is 14.0. The topological polar surface area (TPSA) is 95.5 Å². The summed E-state index contributed by atoms with van der Waals surface area (Å²) in [6.45, 7) is 3.43. The van der Waals surface area contributed by atoms with E-state index in [2.05, 4.69) is 10.6 Å². The average molecular weight is 360 g/mol. The van der Waals surface area contributed by atoms with Crippen molar-refractivity contribution in [2.24, 2.45) is 0 Å². The standard InChI is InChI=1S/C18H20N2O4S/c1-11-6-3-4-7-13(11)14(10-16(21)22)20-17(23)12(2)19-18(24)15-8-5-9-25-15/h3-9,12,14H,10H2,1-2H3,(H,19,24)(H,20,23)(H,21,22). The summed E-state index contributed by atoms with van der Waals surface area (Å²) in [7, 11) is 0. The molecule has 2 amide bonds. The molecule has 1 aromatic heterocycles. The van der Waals surface area contributed by atoms with Crippen molar-refractivity contribution in [2.45, 2.75) is 32.4 Å². The number of rotatable bonds is 7. The van der Waals surface area contributed by atoms with Gasteiger partial charge in [0.15, 0.2) is 0 Å². The maximum atomic E-state index is 12.4. The van der Waals surface area contributed by atoms with E-state index in [1.807, 2.05) is 19.1 Å². The molecule has 25 heavy (non-hydrogen) atoms. The van der Waals surface area contributed by atoms with Crippen LogP contribution in [0.15, 0.2) is 41.8 Å². The summed E-state index contributed by atoms with van der Waals surface area (Å²) in [5.74, 6) is -1.77. The molecule has 1 aromatic carbocycles. The van der Waals surface area contributed by atoms with Gasteiger partial charge in [-0.2, -0.15) is 0 Å². The third kappa shape index (κ3) is 5.15. The van der Waals surface area contributed by atoms with Crippen LogP contribution in [-0.2, 0) is 9.59 Å². The van der Waals surface area contributed by atoms with Gasteiger partial charge in [0.2, 0.25) is 5.91 Å². The maximum Gasteiger partial charge on any atom is 0.305 e. The molecule has 0 radical (unpaired) electrons. The summed E-state index contributed by atoms with van der Waals surface area (Å²) in [6, 6.07) is 9.28. The first-order chi connectivity index (χ1) is 11.9. The first-order valence-electron chi connectivity index (χ1n) is 7.80. The highest BCUT2D eigenvalue weighted by Gasteiger charge is 2.23. The van der Waals surface area contributed by atoms with E-state index < -0.39 is 24.0 Å². The van der Waals surface area contributed by atoms with Crippen molar-refractivity contribution >= 4 is 29.1 Å². The number of hydrogen-bond donors (Lipinski definition) is 3. The van der Waals surface area contributed by atoms with Crippen molar-refractivity contribution in [2.75, 3.05) is 0 Å². The molecular formula is C18H20N2O4S. The molecule has 2 aromatic rings. The van der Waals surface area contributed by atoms with Crippen LogP contribution in [0.3, 0.4) is 0 Å². The maximum absolute atomic E-state index is 12.4. The number of carbonyl (C=O) groups excluding carboxylic acids is 2. The number of nitrogens with one attached hydrogen (secondary N) is 2. The van der Waals surface area contributed by atoms with E-state index >= 15 is 0 Å². The molecule has 0 aliphatic heterocycles. The van der Waals surface area contributed by atoms with Gasteiger partial charge < -0.3 is 15.7 Å². The Kier molecular flexibility index (Phi) is 6.30. The van der Waals surface area contributed by atoms with Crippen LogP contribution in [0.4, 0.5) is 0 Å². The molecule has 2 atom stereocenters. The summed E-state index contributed by atoms with van der Waals surface area (Å²) < 4.78 is 0. The lowest BCUT2D eigenvalue weighted by Gasteiger charge is -2.22. The van der Waals surface area contributed by atoms with E-state index in [1.54, 1.807) is 36.6 Å². The number of aliphatic carboxylic acids is 1. The van der Waals surface area contributed by atoms with E-state index in [0.717, 1.165) is 11.1 Å². The molecule has 2 rings (SSSR count). The Balaban J connectivity index is 2.07. The van der Waals surface area contributed by atoms with E-state index in [1.165, 1.54) is 11.3 Å². The predicted octanol–water partition coefficient (Wildman–Crippen LogP) is 2.51. The summed E-state index contributed by atoms with van der Waals surface area (Å²) in [6.07, 6.45) is -0.234. The normalized spacial score (nSPS) is 12.9. The molecule has 0 spiro atoms. The van der Waals surface area contributed by atoms with Gasteiger partial charge in [-0.1, -0.05) is 30.3 Å². The molecule has 0 aliphatic carbocycles. The smallest absolute Gasteiger partial charge is 0.305 e. The third-order valence-corrected chi connectivity index (χ3v) is 4.61. The predicted molar refractivity (Wildman–Crippen MR) is 95.6 cm³/mol. The van der Waals surface area contributed by atoms with Gasteiger partial charge in [-0.05, 0) is 36.4 Å². The minimum absolute atomic E-state index is 0.234. The first kappa shape index (κ1) is 18.7. The summed E-state index contributed by atoms with van der Waals surface area (Å²) in [5, 5.41) is 16.3. The number of amides is 2. The van der Waals surface area contributed by atoms with Gasteiger partial charge in [0, 0.05) is 0 Å². The Morgan fingerprint density at radius 3 is 2.44 bits per heavy atom. The van der Waals surface area contributed by atoms with Gasteiger partial charge in [0.1, 0.15) is 6.04 Å². The highest BCUT2D eigenvalue weighted by atomic mass is 32.1. The van der Waals surface area contributed by atoms with Crippen LogP contribution in [0.25, 0.3) is 0 Å². The number of carbonyl (C=O) groups is 3. The van der Waals surface area contributed by atoms with Gasteiger partial charge >= 0.3 is 5.97 Å². The molecule has 0 fully saturated rings. The molecule has 0 bridgehead atoms. The quantitative estimate of drug-likeness (QED) is 0.707. The van der Waals surface area contributed by atoms with Crippen LogP contribution < -0.4 is 10.6 Å². The second kappa shape index (κ2) is 8.43. The Hall–Kier alpha value is -2.67. The highest BCUT2D eigenvalue weighted by molar-refractivity contribution is 7.12. The minimum atomic E-state index is -1.01. The van der Waals surface area contributed by atoms with Crippen LogP contribution in [-0.4, -0.2) is 28.9 Å². The molecule has 1 heterocycles. The summed E-state index contributed by atoms with van der Waals surface area (Å²) in [4.78, 5) is 36.1. The second-order valence-electron chi connectivity index (χ2n) is 5.69. The molecule has 132 valence electrons. The van der Waals surface area contributed by atoms with Crippen LogP contribution >= 0.6 is 11.3 Å². The highest BCUT2D eigenvalue weighted by Crippen LogP contribution is 2.21. The SMILES string of the molecule is Cc1ccccc1C(CC(=O)O)NC(=O)C(C)NC(=O)c1cccs1. The van der Waals surface area contributed by atoms with Crippen LogP contribution in [0.2, 0.25) is 0 Å². The van der Waals surface area contributed by atoms with Crippen LogP contribution in [0, 0.1) is 6.92 Å². The second-order valence-corrected chi connectivity index (χ2v) is 6.64. The minimum Gasteiger partial charge on any atom is -0.481 e.